The second-order valence-corrected chi connectivity index (χ2v) is 6.33. The van der Waals surface area contributed by atoms with Crippen LogP contribution in [0.5, 0.6) is 0 Å². The lowest BCUT2D eigenvalue weighted by Crippen LogP contribution is -2.27. The molecule has 0 saturated carbocycles. The van der Waals surface area contributed by atoms with E-state index in [1.54, 1.807) is 18.1 Å². The van der Waals surface area contributed by atoms with Crippen molar-refractivity contribution >= 4 is 27.9 Å². The summed E-state index contributed by atoms with van der Waals surface area (Å²) >= 11 is 1.51. The van der Waals surface area contributed by atoms with Crippen molar-refractivity contribution in [3.8, 4) is 0 Å². The summed E-state index contributed by atoms with van der Waals surface area (Å²) in [6.45, 7) is 2.45. The number of thiazole rings is 1. The van der Waals surface area contributed by atoms with Crippen molar-refractivity contribution in [3.63, 3.8) is 0 Å². The number of fused-ring (bicyclic) bond motifs is 2. The number of nitrogens with zero attached hydrogens (tertiary/aromatic N) is 5. The van der Waals surface area contributed by atoms with Crippen LogP contribution in [-0.4, -0.2) is 36.6 Å². The predicted octanol–water partition coefficient (Wildman–Crippen LogP) is 2.62. The number of pyridine rings is 1. The van der Waals surface area contributed by atoms with Crippen LogP contribution in [0.3, 0.4) is 0 Å². The van der Waals surface area contributed by atoms with Crippen molar-refractivity contribution < 1.29 is 4.79 Å². The maximum atomic E-state index is 12.6. The number of carbonyl (C=O) groups excluding carboxylic acids is 1. The Morgan fingerprint density at radius 3 is 3.00 bits per heavy atom. The van der Waals surface area contributed by atoms with Crippen molar-refractivity contribution in [2.45, 2.75) is 13.5 Å². The van der Waals surface area contributed by atoms with E-state index in [2.05, 4.69) is 9.97 Å². The summed E-state index contributed by atoms with van der Waals surface area (Å²) in [5.74, 6) is -0.0915. The van der Waals surface area contributed by atoms with Gasteiger partial charge in [-0.1, -0.05) is 6.07 Å². The number of imidazole rings is 2. The van der Waals surface area contributed by atoms with E-state index in [4.69, 9.17) is 0 Å². The van der Waals surface area contributed by atoms with Gasteiger partial charge >= 0.3 is 0 Å². The molecule has 0 spiro atoms. The third kappa shape index (κ3) is 2.29. The Morgan fingerprint density at radius 1 is 1.30 bits per heavy atom. The zero-order chi connectivity index (χ0) is 16.0. The number of aromatic nitrogens is 4. The molecule has 0 aliphatic heterocycles. The van der Waals surface area contributed by atoms with Crippen LogP contribution in [0, 0.1) is 6.92 Å². The van der Waals surface area contributed by atoms with Gasteiger partial charge in [-0.2, -0.15) is 0 Å². The Morgan fingerprint density at radius 2 is 2.17 bits per heavy atom. The van der Waals surface area contributed by atoms with E-state index in [-0.39, 0.29) is 5.91 Å². The lowest BCUT2D eigenvalue weighted by atomic mass is 10.3. The fraction of sp³-hybridized carbons (Fsp3) is 0.188. The van der Waals surface area contributed by atoms with Gasteiger partial charge in [0.25, 0.3) is 5.91 Å². The molecule has 7 heteroatoms. The average Bonchev–Trinajstić information content (AvgIpc) is 3.20. The van der Waals surface area contributed by atoms with E-state index in [9.17, 15) is 4.79 Å². The van der Waals surface area contributed by atoms with Crippen molar-refractivity contribution in [2.75, 3.05) is 7.05 Å². The minimum absolute atomic E-state index is 0.0915. The van der Waals surface area contributed by atoms with Crippen LogP contribution in [0.25, 0.3) is 10.6 Å². The monoisotopic (exact) mass is 325 g/mol. The molecule has 0 bridgehead atoms. The zero-order valence-corrected chi connectivity index (χ0v) is 13.6. The van der Waals surface area contributed by atoms with Crippen molar-refractivity contribution in [1.29, 1.82) is 0 Å². The second-order valence-electron chi connectivity index (χ2n) is 5.45. The first-order valence-corrected chi connectivity index (χ1v) is 8.11. The van der Waals surface area contributed by atoms with Gasteiger partial charge in [0, 0.05) is 31.0 Å². The van der Waals surface area contributed by atoms with Gasteiger partial charge in [0.05, 0.1) is 17.9 Å². The van der Waals surface area contributed by atoms with Gasteiger partial charge in [-0.15, -0.1) is 11.3 Å². The first-order chi connectivity index (χ1) is 11.1. The SMILES string of the molecule is Cc1nc2ccccn2c1CN(C)C(=O)c1cn2ccsc2n1. The minimum atomic E-state index is -0.0915. The van der Waals surface area contributed by atoms with Crippen molar-refractivity contribution in [1.82, 2.24) is 23.7 Å². The Kier molecular flexibility index (Phi) is 3.16. The van der Waals surface area contributed by atoms with E-state index in [0.717, 1.165) is 22.0 Å². The summed E-state index contributed by atoms with van der Waals surface area (Å²) < 4.78 is 3.88. The Bertz CT molecular complexity index is 983. The molecule has 0 aliphatic carbocycles. The van der Waals surface area contributed by atoms with Gasteiger partial charge in [-0.3, -0.25) is 9.20 Å². The van der Waals surface area contributed by atoms with Gasteiger partial charge < -0.3 is 9.30 Å². The summed E-state index contributed by atoms with van der Waals surface area (Å²) in [7, 11) is 1.79. The van der Waals surface area contributed by atoms with Gasteiger partial charge in [-0.05, 0) is 19.1 Å². The highest BCUT2D eigenvalue weighted by atomic mass is 32.1. The molecule has 0 atom stereocenters. The molecule has 6 nitrogen and oxygen atoms in total. The average molecular weight is 325 g/mol. The fourth-order valence-corrected chi connectivity index (χ4v) is 3.38. The standard InChI is InChI=1S/C16H15N5OS/c1-11-13(21-6-4-3-5-14(21)17-11)10-19(2)15(22)12-9-20-7-8-23-16(20)18-12/h3-9H,10H2,1-2H3. The number of aryl methyl sites for hydroxylation is 1. The Hall–Kier alpha value is -2.67. The molecule has 4 rings (SSSR count). The highest BCUT2D eigenvalue weighted by Crippen LogP contribution is 2.16. The number of carbonyl (C=O) groups is 1. The molecular formula is C16H15N5OS. The Balaban J connectivity index is 1.63. The quantitative estimate of drug-likeness (QED) is 0.582. The van der Waals surface area contributed by atoms with Gasteiger partial charge in [0.15, 0.2) is 4.96 Å². The Labute approximate surface area is 136 Å². The highest BCUT2D eigenvalue weighted by Gasteiger charge is 2.19. The molecule has 4 aromatic rings. The summed E-state index contributed by atoms with van der Waals surface area (Å²) in [6, 6.07) is 5.88. The van der Waals surface area contributed by atoms with Crippen LogP contribution in [0.4, 0.5) is 0 Å². The van der Waals surface area contributed by atoms with E-state index in [1.807, 2.05) is 51.7 Å². The molecule has 116 valence electrons. The lowest BCUT2D eigenvalue weighted by Gasteiger charge is -2.16. The van der Waals surface area contributed by atoms with Crippen LogP contribution < -0.4 is 0 Å². The van der Waals surface area contributed by atoms with Crippen LogP contribution >= 0.6 is 11.3 Å². The largest absolute Gasteiger partial charge is 0.334 e. The van der Waals surface area contributed by atoms with Gasteiger partial charge in [0.2, 0.25) is 0 Å². The first kappa shape index (κ1) is 14.0. The summed E-state index contributed by atoms with van der Waals surface area (Å²) in [5.41, 5.74) is 3.30. The molecule has 4 aromatic heterocycles. The van der Waals surface area contributed by atoms with Crippen LogP contribution in [-0.2, 0) is 6.54 Å². The molecule has 0 saturated heterocycles. The van der Waals surface area contributed by atoms with Gasteiger partial charge in [0.1, 0.15) is 11.3 Å². The lowest BCUT2D eigenvalue weighted by molar-refractivity contribution is 0.0778. The normalized spacial score (nSPS) is 11.4. The van der Waals surface area contributed by atoms with Crippen LogP contribution in [0.1, 0.15) is 21.9 Å². The molecule has 23 heavy (non-hydrogen) atoms. The molecule has 0 N–H and O–H groups in total. The van der Waals surface area contributed by atoms with Crippen molar-refractivity contribution in [3.05, 3.63) is 59.3 Å². The summed E-state index contributed by atoms with van der Waals surface area (Å²) in [4.78, 5) is 24.0. The highest BCUT2D eigenvalue weighted by molar-refractivity contribution is 7.15. The second kappa shape index (κ2) is 5.20. The third-order valence-electron chi connectivity index (χ3n) is 3.88. The van der Waals surface area contributed by atoms with E-state index in [0.29, 0.717) is 12.2 Å². The summed E-state index contributed by atoms with van der Waals surface area (Å²) in [6.07, 6.45) is 5.64. The minimum Gasteiger partial charge on any atom is -0.334 e. The molecule has 1 amide bonds. The molecule has 4 heterocycles. The summed E-state index contributed by atoms with van der Waals surface area (Å²) in [5, 5.41) is 1.95. The number of amides is 1. The molecule has 0 fully saturated rings. The molecular weight excluding hydrogens is 310 g/mol. The molecule has 0 aliphatic rings. The first-order valence-electron chi connectivity index (χ1n) is 7.24. The third-order valence-corrected chi connectivity index (χ3v) is 4.65. The maximum Gasteiger partial charge on any atom is 0.274 e. The van der Waals surface area contributed by atoms with E-state index >= 15 is 0 Å². The molecule has 0 radical (unpaired) electrons. The van der Waals surface area contributed by atoms with Crippen LogP contribution in [0.2, 0.25) is 0 Å². The van der Waals surface area contributed by atoms with Gasteiger partial charge in [-0.25, -0.2) is 9.97 Å². The molecule has 0 unspecified atom stereocenters. The van der Waals surface area contributed by atoms with Crippen molar-refractivity contribution in [2.24, 2.45) is 0 Å². The van der Waals surface area contributed by atoms with E-state index in [1.165, 1.54) is 11.3 Å². The maximum absolute atomic E-state index is 12.6. The zero-order valence-electron chi connectivity index (χ0n) is 12.8. The number of rotatable bonds is 3. The predicted molar refractivity (Wildman–Crippen MR) is 88.8 cm³/mol. The van der Waals surface area contributed by atoms with Crippen LogP contribution in [0.15, 0.2) is 42.2 Å². The fourth-order valence-electron chi connectivity index (χ4n) is 2.68. The van der Waals surface area contributed by atoms with E-state index < -0.39 is 0 Å². The number of hydrogen-bond donors (Lipinski definition) is 0. The topological polar surface area (TPSA) is 54.9 Å². The number of hydrogen-bond acceptors (Lipinski definition) is 4. The molecule has 0 aromatic carbocycles. The smallest absolute Gasteiger partial charge is 0.274 e.